The number of carboxylic acids is 1. The average molecular weight is 512 g/mol. The molecule has 1 aliphatic heterocycles. The molecule has 2 aliphatic rings. The van der Waals surface area contributed by atoms with Crippen LogP contribution in [0.25, 0.3) is 33.4 Å². The lowest BCUT2D eigenvalue weighted by atomic mass is 9.90. The van der Waals surface area contributed by atoms with Gasteiger partial charge in [0.2, 0.25) is 5.36 Å². The molecule has 0 saturated carbocycles. The molecule has 1 aliphatic carbocycles. The molecule has 0 atom stereocenters. The number of amides is 1. The number of hydrogen-bond donors (Lipinski definition) is 2. The van der Waals surface area contributed by atoms with Gasteiger partial charge in [-0.1, -0.05) is 30.3 Å². The van der Waals surface area contributed by atoms with Crippen molar-refractivity contribution in [1.29, 1.82) is 0 Å². The van der Waals surface area contributed by atoms with Crippen molar-refractivity contribution in [2.75, 3.05) is 19.4 Å². The number of benzene rings is 4. The molecule has 0 fully saturated rings. The van der Waals surface area contributed by atoms with E-state index in [1.807, 2.05) is 61.1 Å². The summed E-state index contributed by atoms with van der Waals surface area (Å²) >= 11 is 5.85. The smallest absolute Gasteiger partial charge is 0.336 e. The van der Waals surface area contributed by atoms with Crippen LogP contribution in [0.5, 0.6) is 0 Å². The van der Waals surface area contributed by atoms with Crippen LogP contribution >= 0.6 is 11.6 Å². The van der Waals surface area contributed by atoms with E-state index in [9.17, 15) is 14.7 Å². The third kappa shape index (κ3) is 4.71. The van der Waals surface area contributed by atoms with Crippen LogP contribution in [0.15, 0.2) is 89.3 Å². The Labute approximate surface area is 218 Å². The third-order valence-corrected chi connectivity index (χ3v) is 6.59. The molecular weight excluding hydrogens is 488 g/mol. The fraction of sp³-hybridized carbons (Fsp3) is 0.100. The predicted octanol–water partition coefficient (Wildman–Crippen LogP) is 5.93. The Kier molecular flexibility index (Phi) is 6.51. The highest BCUT2D eigenvalue weighted by atomic mass is 35.5. The summed E-state index contributed by atoms with van der Waals surface area (Å²) in [5, 5.41) is 14.5. The number of alkyl halides is 1. The third-order valence-electron chi connectivity index (χ3n) is 6.28. The van der Waals surface area contributed by atoms with E-state index in [0.717, 1.165) is 27.4 Å². The lowest BCUT2D eigenvalue weighted by molar-refractivity contribution is 0.0697. The Morgan fingerprint density at radius 1 is 0.919 bits per heavy atom. The lowest BCUT2D eigenvalue weighted by Crippen LogP contribution is -2.21. The van der Waals surface area contributed by atoms with Crippen molar-refractivity contribution in [2.24, 2.45) is 0 Å². The van der Waals surface area contributed by atoms with E-state index < -0.39 is 5.97 Å². The van der Waals surface area contributed by atoms with Gasteiger partial charge in [0.1, 0.15) is 25.4 Å². The molecule has 0 radical (unpaired) electrons. The molecule has 184 valence electrons. The van der Waals surface area contributed by atoms with Gasteiger partial charge in [0.15, 0.2) is 0 Å². The van der Waals surface area contributed by atoms with Gasteiger partial charge in [-0.25, -0.2) is 9.37 Å². The average Bonchev–Trinajstić information content (AvgIpc) is 2.91. The predicted molar refractivity (Wildman–Crippen MR) is 146 cm³/mol. The Morgan fingerprint density at radius 2 is 1.68 bits per heavy atom. The molecule has 7 heteroatoms. The molecule has 0 saturated heterocycles. The number of carbonyl (C=O) groups is 2. The summed E-state index contributed by atoms with van der Waals surface area (Å²) in [5.41, 5.74) is 4.87. The van der Waals surface area contributed by atoms with Gasteiger partial charge in [-0.3, -0.25) is 4.79 Å². The first-order valence-electron chi connectivity index (χ1n) is 11.7. The quantitative estimate of drug-likeness (QED) is 0.174. The van der Waals surface area contributed by atoms with Crippen LogP contribution in [0.1, 0.15) is 26.3 Å². The highest BCUT2D eigenvalue weighted by Gasteiger charge is 2.22. The van der Waals surface area contributed by atoms with Crippen LogP contribution in [-0.4, -0.2) is 31.1 Å². The van der Waals surface area contributed by atoms with Crippen molar-refractivity contribution in [3.05, 3.63) is 107 Å². The number of carbonyl (C=O) groups excluding carboxylic acids is 1. The molecule has 0 unspecified atom stereocenters. The molecule has 37 heavy (non-hydrogen) atoms. The minimum absolute atomic E-state index is 0.200. The van der Waals surface area contributed by atoms with Crippen molar-refractivity contribution in [2.45, 2.75) is 5.88 Å². The number of rotatable bonds is 5. The Hall–Kier alpha value is -4.42. The molecule has 0 bridgehead atoms. The summed E-state index contributed by atoms with van der Waals surface area (Å²) in [6.45, 7) is 0. The second-order valence-electron chi connectivity index (χ2n) is 8.90. The Balaban J connectivity index is 1.69. The zero-order valence-corrected chi connectivity index (χ0v) is 21.0. The zero-order valence-electron chi connectivity index (χ0n) is 20.3. The molecule has 2 N–H and O–H groups in total. The minimum atomic E-state index is -1.01. The number of nitrogens with zero attached hydrogens (tertiary/aromatic N) is 1. The first-order chi connectivity index (χ1) is 17.9. The molecule has 3 aromatic rings. The largest absolute Gasteiger partial charge is 0.478 e. The molecular formula is C30H24ClN2O4+. The van der Waals surface area contributed by atoms with E-state index in [0.29, 0.717) is 34.0 Å². The van der Waals surface area contributed by atoms with Gasteiger partial charge in [0.25, 0.3) is 5.91 Å². The van der Waals surface area contributed by atoms with E-state index in [-0.39, 0.29) is 11.5 Å². The van der Waals surface area contributed by atoms with E-state index in [2.05, 4.69) is 5.32 Å². The summed E-state index contributed by atoms with van der Waals surface area (Å²) < 4.78 is 8.29. The first kappa shape index (κ1) is 24.3. The Bertz CT molecular complexity index is 1700. The van der Waals surface area contributed by atoms with E-state index >= 15 is 0 Å². The molecule has 0 spiro atoms. The van der Waals surface area contributed by atoms with Crippen molar-refractivity contribution >= 4 is 40.1 Å². The maximum absolute atomic E-state index is 12.8. The van der Waals surface area contributed by atoms with Crippen LogP contribution in [0, 0.1) is 0 Å². The number of halogens is 1. The fourth-order valence-electron chi connectivity index (χ4n) is 4.36. The second kappa shape index (κ2) is 9.91. The van der Waals surface area contributed by atoms with Crippen LogP contribution in [0.4, 0.5) is 5.69 Å². The topological polar surface area (TPSA) is 82.5 Å². The molecule has 5 rings (SSSR count). The van der Waals surface area contributed by atoms with Gasteiger partial charge in [-0.05, 0) is 47.5 Å². The Morgan fingerprint density at radius 3 is 2.38 bits per heavy atom. The summed E-state index contributed by atoms with van der Waals surface area (Å²) in [4.78, 5) is 24.9. The van der Waals surface area contributed by atoms with Crippen LogP contribution in [-0.2, 0) is 5.88 Å². The number of anilines is 1. The van der Waals surface area contributed by atoms with Crippen molar-refractivity contribution < 1.29 is 19.1 Å². The number of carboxylic acid groups (broad SMARTS) is 1. The summed E-state index contributed by atoms with van der Waals surface area (Å²) in [5.74, 6) is -0.279. The molecule has 1 amide bonds. The summed E-state index contributed by atoms with van der Waals surface area (Å²) in [6, 6.07) is 25.3. The normalized spacial score (nSPS) is 11.0. The van der Waals surface area contributed by atoms with Crippen LogP contribution in [0.3, 0.4) is 0 Å². The van der Waals surface area contributed by atoms with Crippen LogP contribution < -0.4 is 15.2 Å². The van der Waals surface area contributed by atoms with Gasteiger partial charge in [-0.15, -0.1) is 11.6 Å². The summed E-state index contributed by atoms with van der Waals surface area (Å²) in [7, 11) is 3.88. The second-order valence-corrected chi connectivity index (χ2v) is 9.17. The molecule has 1 heterocycles. The van der Waals surface area contributed by atoms with E-state index in [4.69, 9.17) is 16.0 Å². The number of aromatic carboxylic acids is 1. The SMILES string of the molecule is C[N+](C)=c1ccc2c(-c3ccccc3C(=O)O)c3ccc(NC(=O)c4ccc(CCl)cc4)cc3oc-2c1. The van der Waals surface area contributed by atoms with Crippen molar-refractivity contribution in [1.82, 2.24) is 4.58 Å². The molecule has 0 aromatic heterocycles. The maximum Gasteiger partial charge on any atom is 0.336 e. The van der Waals surface area contributed by atoms with Crippen molar-refractivity contribution in [3.8, 4) is 22.5 Å². The standard InChI is InChI=1S/C30H23ClN2O4/c1-33(2)21-12-14-25-27(16-21)37-26-15-20(32-29(34)19-9-7-18(17-31)8-10-19)11-13-24(26)28(25)22-5-3-4-6-23(22)30(35)36/h3-16H,17H2,1-2H3,(H,35,36)/p+1. The number of fused-ring (bicyclic) bond motifs is 2. The van der Waals surface area contributed by atoms with Gasteiger partial charge in [0.05, 0.1) is 11.6 Å². The van der Waals surface area contributed by atoms with Crippen molar-refractivity contribution in [3.63, 3.8) is 0 Å². The zero-order chi connectivity index (χ0) is 26.1. The van der Waals surface area contributed by atoms with E-state index in [1.165, 1.54) is 0 Å². The fourth-order valence-corrected chi connectivity index (χ4v) is 4.54. The molecule has 3 aromatic carbocycles. The van der Waals surface area contributed by atoms with Gasteiger partial charge in [-0.2, -0.15) is 0 Å². The van der Waals surface area contributed by atoms with Gasteiger partial charge < -0.3 is 14.8 Å². The highest BCUT2D eigenvalue weighted by molar-refractivity contribution is 6.17. The lowest BCUT2D eigenvalue weighted by Gasteiger charge is -2.17. The first-order valence-corrected chi connectivity index (χ1v) is 12.2. The number of hydrogen-bond acceptors (Lipinski definition) is 3. The minimum Gasteiger partial charge on any atom is -0.478 e. The maximum atomic E-state index is 12.8. The monoisotopic (exact) mass is 511 g/mol. The van der Waals surface area contributed by atoms with Gasteiger partial charge >= 0.3 is 5.97 Å². The van der Waals surface area contributed by atoms with Crippen LogP contribution in [0.2, 0.25) is 0 Å². The van der Waals surface area contributed by atoms with Gasteiger partial charge in [0, 0.05) is 45.8 Å². The molecule has 6 nitrogen and oxygen atoms in total. The van der Waals surface area contributed by atoms with E-state index in [1.54, 1.807) is 42.5 Å². The summed E-state index contributed by atoms with van der Waals surface area (Å²) in [6.07, 6.45) is 0. The number of nitrogens with one attached hydrogen (secondary N) is 1. The highest BCUT2D eigenvalue weighted by Crippen LogP contribution is 2.41.